The van der Waals surface area contributed by atoms with Gasteiger partial charge in [-0.05, 0) is 160 Å². The second kappa shape index (κ2) is 24.0. The number of carbonyl (C=O) groups is 2. The minimum atomic E-state index is -4.96. The molecule has 82 heavy (non-hydrogen) atoms. The average Bonchev–Trinajstić information content (AvgIpc) is 3.77. The molecule has 2 unspecified atom stereocenters. The average molecular weight is 1220 g/mol. The molecule has 4 aromatic rings. The van der Waals surface area contributed by atoms with E-state index in [4.69, 9.17) is 5.14 Å². The van der Waals surface area contributed by atoms with Crippen molar-refractivity contribution < 1.29 is 70.3 Å². The lowest BCUT2D eigenvalue weighted by atomic mass is 9.77. The Morgan fingerprint density at radius 1 is 0.720 bits per heavy atom. The van der Waals surface area contributed by atoms with Gasteiger partial charge in [-0.25, -0.2) is 47.8 Å². The molecule has 26 heteroatoms. The van der Waals surface area contributed by atoms with Crippen molar-refractivity contribution in [3.63, 3.8) is 0 Å². The van der Waals surface area contributed by atoms with Crippen molar-refractivity contribution in [2.45, 2.75) is 130 Å². The predicted octanol–water partition coefficient (Wildman–Crippen LogP) is 6.64. The molecule has 3 N–H and O–H groups in total. The lowest BCUT2D eigenvalue weighted by Gasteiger charge is -2.31. The molecule has 0 saturated carbocycles. The van der Waals surface area contributed by atoms with Crippen LogP contribution in [0.25, 0.3) is 0 Å². The maximum atomic E-state index is 13.6. The lowest BCUT2D eigenvalue weighted by molar-refractivity contribution is -0.437. The van der Waals surface area contributed by atoms with E-state index in [9.17, 15) is 65.7 Å². The van der Waals surface area contributed by atoms with E-state index in [-0.39, 0.29) is 49.7 Å². The highest BCUT2D eigenvalue weighted by Gasteiger charge is 2.45. The quantitative estimate of drug-likeness (QED) is 0.0360. The zero-order chi connectivity index (χ0) is 59.8. The summed E-state index contributed by atoms with van der Waals surface area (Å²) in [5.41, 5.74) is 7.10. The molecule has 2 aliphatic heterocycles. The highest BCUT2D eigenvalue weighted by molar-refractivity contribution is 7.91. The summed E-state index contributed by atoms with van der Waals surface area (Å²) in [6.07, 6.45) is 14.9. The smallest absolute Gasteiger partial charge is 0.354 e. The van der Waals surface area contributed by atoms with Crippen LogP contribution in [-0.2, 0) is 98.2 Å². The third kappa shape index (κ3) is 14.2. The summed E-state index contributed by atoms with van der Waals surface area (Å²) < 4.78 is 163. The Hall–Kier alpha value is -5.94. The van der Waals surface area contributed by atoms with E-state index in [1.54, 1.807) is 72.9 Å². The number of fused-ring (bicyclic) bond motifs is 4. The van der Waals surface area contributed by atoms with Gasteiger partial charge in [-0.2, -0.15) is 4.58 Å². The largest absolute Gasteiger partial charge is 0.748 e. The van der Waals surface area contributed by atoms with Crippen molar-refractivity contribution >= 4 is 85.1 Å². The third-order valence-electron chi connectivity index (χ3n) is 15.8. The summed E-state index contributed by atoms with van der Waals surface area (Å²) in [5, 5.41) is 9.08. The van der Waals surface area contributed by atoms with Crippen LogP contribution in [0, 0.1) is 0 Å². The molecule has 0 fully saturated rings. The molecule has 4 aromatic carbocycles. The van der Waals surface area contributed by atoms with Crippen molar-refractivity contribution in [2.75, 3.05) is 41.9 Å². The minimum Gasteiger partial charge on any atom is -0.748 e. The van der Waals surface area contributed by atoms with Crippen LogP contribution in [0.15, 0.2) is 122 Å². The van der Waals surface area contributed by atoms with Crippen molar-refractivity contribution in [1.29, 1.82) is 0 Å². The molecule has 442 valence electrons. The molecule has 4 aliphatic rings. The van der Waals surface area contributed by atoms with Crippen LogP contribution in [-0.4, -0.2) is 115 Å². The summed E-state index contributed by atoms with van der Waals surface area (Å²) in [6, 6.07) is 15.5. The van der Waals surface area contributed by atoms with Gasteiger partial charge >= 0.3 is 6.03 Å². The molecule has 8 rings (SSSR count). The number of rotatable bonds is 22. The van der Waals surface area contributed by atoms with Crippen LogP contribution in [0.3, 0.4) is 0 Å². The van der Waals surface area contributed by atoms with E-state index in [0.29, 0.717) is 58.7 Å². The summed E-state index contributed by atoms with van der Waals surface area (Å²) in [7, 11) is -21.0. The van der Waals surface area contributed by atoms with Crippen LogP contribution < -0.4 is 15.4 Å². The number of hydrogen-bond acceptors (Lipinski definition) is 16. The maximum absolute atomic E-state index is 13.6. The number of carbonyl (C=O) groups excluding carboxylic acids is 2. The van der Waals surface area contributed by atoms with Crippen molar-refractivity contribution in [3.05, 3.63) is 142 Å². The Bertz CT molecular complexity index is 3930. The van der Waals surface area contributed by atoms with Gasteiger partial charge in [0, 0.05) is 84.7 Å². The molecule has 2 aliphatic carbocycles. The van der Waals surface area contributed by atoms with Crippen molar-refractivity contribution in [1.82, 2.24) is 4.90 Å². The van der Waals surface area contributed by atoms with Crippen LogP contribution in [0.2, 0.25) is 0 Å². The van der Waals surface area contributed by atoms with Crippen LogP contribution >= 0.6 is 0 Å². The van der Waals surface area contributed by atoms with Crippen LogP contribution in [0.5, 0.6) is 0 Å². The van der Waals surface area contributed by atoms with Gasteiger partial charge in [0.1, 0.15) is 36.7 Å². The highest BCUT2D eigenvalue weighted by Crippen LogP contribution is 2.52. The number of allylic oxidation sites excluding steroid dienone is 6. The van der Waals surface area contributed by atoms with Crippen LogP contribution in [0.1, 0.15) is 111 Å². The molecular formula is C56H65N6O15S5-3. The fourth-order valence-corrected chi connectivity index (χ4v) is 14.7. The number of anilines is 2. The van der Waals surface area contributed by atoms with Crippen molar-refractivity contribution in [3.8, 4) is 0 Å². The SMILES string of the molecule is CN(Cc1ccc(S(N)(=O)=NC(=O)Nc2c3c(cc4c2CCC4)CCC3)cc1)C(=O)CCCCC1(C)/C(=C/C=C/C=C/C2=[N+](CCCS(=O)(=O)[O-])c3ccc(S(=O)(=O)[O-])cc3C2(C)C)N(CCCS(=O)(=O)[O-])c2ccc(S(=O)(=O)[O-])cc21. The molecule has 0 bridgehead atoms. The van der Waals surface area contributed by atoms with E-state index in [1.165, 1.54) is 52.4 Å². The number of urea groups is 1. The lowest BCUT2D eigenvalue weighted by Crippen LogP contribution is -2.30. The van der Waals surface area contributed by atoms with Gasteiger partial charge in [-0.3, -0.25) is 4.79 Å². The molecule has 0 spiro atoms. The molecular weight excluding hydrogens is 1160 g/mol. The van der Waals surface area contributed by atoms with E-state index in [1.807, 2.05) is 6.92 Å². The fraction of sp³-hybridized carbons (Fsp3) is 0.411. The number of unbranched alkanes of at least 4 members (excludes halogenated alkanes) is 1. The summed E-state index contributed by atoms with van der Waals surface area (Å²) in [4.78, 5) is 29.3. The number of nitrogens with two attached hydrogens (primary N) is 1. The van der Waals surface area contributed by atoms with Gasteiger partial charge in [0.25, 0.3) is 0 Å². The van der Waals surface area contributed by atoms with E-state index < -0.39 is 88.5 Å². The van der Waals surface area contributed by atoms with Gasteiger partial charge in [-0.15, -0.1) is 4.36 Å². The zero-order valence-electron chi connectivity index (χ0n) is 45.8. The third-order valence-corrected chi connectivity index (χ3v) is 20.4. The zero-order valence-corrected chi connectivity index (χ0v) is 49.9. The van der Waals surface area contributed by atoms with Gasteiger partial charge in [-0.1, -0.05) is 42.8 Å². The molecule has 0 saturated heterocycles. The number of aryl methyl sites for hydroxylation is 2. The fourth-order valence-electron chi connectivity index (χ4n) is 11.8. The topological polar surface area (TPSA) is 340 Å². The predicted molar refractivity (Wildman–Crippen MR) is 305 cm³/mol. The number of amides is 3. The molecule has 2 atom stereocenters. The maximum Gasteiger partial charge on any atom is 0.354 e. The van der Waals surface area contributed by atoms with Gasteiger partial charge in [0.05, 0.1) is 40.3 Å². The minimum absolute atomic E-state index is 0.00352. The van der Waals surface area contributed by atoms with Crippen LogP contribution in [0.4, 0.5) is 21.9 Å². The highest BCUT2D eigenvalue weighted by atomic mass is 32.2. The normalized spacial score (nSPS) is 18.9. The molecule has 21 nitrogen and oxygen atoms in total. The van der Waals surface area contributed by atoms with E-state index in [0.717, 1.165) is 67.5 Å². The summed E-state index contributed by atoms with van der Waals surface area (Å²) >= 11 is 0. The summed E-state index contributed by atoms with van der Waals surface area (Å²) in [5.74, 6) is -1.58. The first-order valence-electron chi connectivity index (χ1n) is 26.7. The number of nitrogens with one attached hydrogen (secondary N) is 1. The number of benzene rings is 4. The number of nitrogens with zero attached hydrogens (tertiary/aromatic N) is 4. The Morgan fingerprint density at radius 3 is 1.91 bits per heavy atom. The van der Waals surface area contributed by atoms with E-state index in [2.05, 4.69) is 15.7 Å². The Balaban J connectivity index is 0.987. The monoisotopic (exact) mass is 1220 g/mol. The van der Waals surface area contributed by atoms with E-state index >= 15 is 0 Å². The summed E-state index contributed by atoms with van der Waals surface area (Å²) in [6.45, 7) is 5.62. The Labute approximate surface area is 480 Å². The Kier molecular flexibility index (Phi) is 18.2. The first-order valence-corrected chi connectivity index (χ1v) is 34.2. The second-order valence-corrected chi connectivity index (χ2v) is 29.5. The second-order valence-electron chi connectivity index (χ2n) is 21.9. The molecule has 0 aromatic heterocycles. The van der Waals surface area contributed by atoms with Crippen molar-refractivity contribution in [2.24, 2.45) is 9.50 Å². The molecule has 3 amide bonds. The Morgan fingerprint density at radius 2 is 1.30 bits per heavy atom. The first-order chi connectivity index (χ1) is 38.3. The number of hydrogen-bond donors (Lipinski definition) is 2. The van der Waals surface area contributed by atoms with Gasteiger partial charge in [0.2, 0.25) is 11.6 Å². The first kappa shape index (κ1) is 62.1. The van der Waals surface area contributed by atoms with Gasteiger partial charge in [0.15, 0.2) is 5.71 Å². The molecule has 2 heterocycles. The van der Waals surface area contributed by atoms with Gasteiger partial charge < -0.3 is 33.3 Å². The standard InChI is InChI=1S/C56H68N6O15S5/c1-55(2)46-35-42(81(72,73)74)25-27-48(46)61(30-12-32-78(65,66)67)50(55)18-6-5-7-19-51-56(3,47-36-43(82(75,76)77)26-28-49(47)62(51)31-13-33-79(68,69)70)29-9-8-20-52(63)60(4)37-38-21-23-41(24-22-38)80(57,71)59-54(64)58-53-44-16-10-14-39(44)34-40-15-11-17-45(40)53/h5-7,18-19,21-28,34-36H,8-17,20,29-33,37H2,1-4H3,(H6-,57,58,59,64,65,66,67,68,69,70,71,72,73,74,75,76,77)/p-3. The molecule has 0 radical (unpaired) electrons.